The molecule has 0 aliphatic heterocycles. The molecule has 1 aromatic rings. The van der Waals surface area contributed by atoms with Crippen LogP contribution in [0.1, 0.15) is 42.0 Å². The second-order valence-electron chi connectivity index (χ2n) is 4.94. The van der Waals surface area contributed by atoms with Gasteiger partial charge in [0.05, 0.1) is 0 Å². The topological polar surface area (TPSA) is 12.0 Å². The van der Waals surface area contributed by atoms with Crippen molar-refractivity contribution in [3.63, 3.8) is 0 Å². The van der Waals surface area contributed by atoms with Gasteiger partial charge in [-0.25, -0.2) is 0 Å². The average molecular weight is 203 g/mol. The van der Waals surface area contributed by atoms with Gasteiger partial charge in [-0.05, 0) is 38.8 Å². The molecule has 1 fully saturated rings. The Bertz CT molecular complexity index is 319. The summed E-state index contributed by atoms with van der Waals surface area (Å²) in [6.45, 7) is 4.36. The van der Waals surface area contributed by atoms with Crippen molar-refractivity contribution in [2.24, 2.45) is 5.92 Å². The first-order valence-corrected chi connectivity index (χ1v) is 5.94. The smallest absolute Gasteiger partial charge is 0.0320 e. The molecule has 1 saturated carbocycles. The molecule has 1 N–H and O–H groups in total. The average Bonchev–Trinajstić information content (AvgIpc) is 2.96. The molecule has 1 aliphatic carbocycles. The second-order valence-corrected chi connectivity index (χ2v) is 4.94. The number of nitrogens with one attached hydrogen (secondary N) is 1. The van der Waals surface area contributed by atoms with Gasteiger partial charge in [-0.1, -0.05) is 42.2 Å². The molecule has 0 radical (unpaired) electrons. The van der Waals surface area contributed by atoms with Crippen LogP contribution in [-0.2, 0) is 0 Å². The summed E-state index contributed by atoms with van der Waals surface area (Å²) in [5, 5.41) is 3.44. The van der Waals surface area contributed by atoms with E-state index >= 15 is 0 Å². The van der Waals surface area contributed by atoms with Crippen molar-refractivity contribution >= 4 is 0 Å². The maximum absolute atomic E-state index is 3.44. The molecule has 0 heterocycles. The Labute approximate surface area is 92.9 Å². The standard InChI is InChI=1S/C14H21N/c1-10-6-11(2)8-13(7-10)14(15-3)9-12-4-5-12/h6-8,12,14-15H,4-5,9H2,1-3H3. The van der Waals surface area contributed by atoms with Crippen molar-refractivity contribution in [2.45, 2.75) is 39.2 Å². The summed E-state index contributed by atoms with van der Waals surface area (Å²) in [5.41, 5.74) is 4.21. The van der Waals surface area contributed by atoms with Crippen LogP contribution in [0.15, 0.2) is 18.2 Å². The second kappa shape index (κ2) is 4.36. The van der Waals surface area contributed by atoms with Crippen molar-refractivity contribution in [3.8, 4) is 0 Å². The van der Waals surface area contributed by atoms with Crippen molar-refractivity contribution in [1.29, 1.82) is 0 Å². The van der Waals surface area contributed by atoms with Crippen LogP contribution < -0.4 is 5.32 Å². The number of aryl methyl sites for hydroxylation is 2. The third-order valence-electron chi connectivity index (χ3n) is 3.26. The monoisotopic (exact) mass is 203 g/mol. The maximum Gasteiger partial charge on any atom is 0.0320 e. The molecule has 0 spiro atoms. The van der Waals surface area contributed by atoms with E-state index in [-0.39, 0.29) is 0 Å². The van der Waals surface area contributed by atoms with Gasteiger partial charge in [0.15, 0.2) is 0 Å². The van der Waals surface area contributed by atoms with Crippen LogP contribution in [0.5, 0.6) is 0 Å². The highest BCUT2D eigenvalue weighted by Gasteiger charge is 2.25. The molecule has 1 aliphatic rings. The van der Waals surface area contributed by atoms with Crippen molar-refractivity contribution in [3.05, 3.63) is 34.9 Å². The van der Waals surface area contributed by atoms with Crippen LogP contribution in [0.2, 0.25) is 0 Å². The molecule has 15 heavy (non-hydrogen) atoms. The Morgan fingerprint density at radius 2 is 1.80 bits per heavy atom. The Balaban J connectivity index is 2.16. The normalized spacial score (nSPS) is 17.8. The van der Waals surface area contributed by atoms with Crippen molar-refractivity contribution in [1.82, 2.24) is 5.32 Å². The minimum atomic E-state index is 0.552. The molecule has 2 rings (SSSR count). The zero-order valence-electron chi connectivity index (χ0n) is 10.0. The Morgan fingerprint density at radius 3 is 2.27 bits per heavy atom. The highest BCUT2D eigenvalue weighted by molar-refractivity contribution is 5.30. The van der Waals surface area contributed by atoms with E-state index in [1.807, 2.05) is 0 Å². The predicted molar refractivity (Wildman–Crippen MR) is 65.1 cm³/mol. The minimum absolute atomic E-state index is 0.552. The van der Waals surface area contributed by atoms with Crippen molar-refractivity contribution in [2.75, 3.05) is 7.05 Å². The lowest BCUT2D eigenvalue weighted by molar-refractivity contribution is 0.514. The van der Waals surface area contributed by atoms with Crippen LogP contribution in [-0.4, -0.2) is 7.05 Å². The molecule has 0 aromatic heterocycles. The largest absolute Gasteiger partial charge is 0.313 e. The fraction of sp³-hybridized carbons (Fsp3) is 0.571. The minimum Gasteiger partial charge on any atom is -0.313 e. The molecule has 0 amide bonds. The summed E-state index contributed by atoms with van der Waals surface area (Å²) in [6, 6.07) is 7.43. The molecule has 0 saturated heterocycles. The zero-order chi connectivity index (χ0) is 10.8. The first-order valence-electron chi connectivity index (χ1n) is 5.94. The van der Waals surface area contributed by atoms with E-state index in [2.05, 4.69) is 44.4 Å². The lowest BCUT2D eigenvalue weighted by Crippen LogP contribution is -2.17. The first-order chi connectivity index (χ1) is 7.19. The molecule has 1 nitrogen and oxygen atoms in total. The first kappa shape index (κ1) is 10.7. The van der Waals surface area contributed by atoms with E-state index in [1.165, 1.54) is 36.0 Å². The quantitative estimate of drug-likeness (QED) is 0.791. The van der Waals surface area contributed by atoms with E-state index in [0.717, 1.165) is 5.92 Å². The highest BCUT2D eigenvalue weighted by Crippen LogP contribution is 2.37. The van der Waals surface area contributed by atoms with Crippen LogP contribution in [0, 0.1) is 19.8 Å². The predicted octanol–water partition coefficient (Wildman–Crippen LogP) is 3.36. The van der Waals surface area contributed by atoms with Gasteiger partial charge in [0.25, 0.3) is 0 Å². The third-order valence-corrected chi connectivity index (χ3v) is 3.26. The van der Waals surface area contributed by atoms with E-state index in [4.69, 9.17) is 0 Å². The van der Waals surface area contributed by atoms with Gasteiger partial charge < -0.3 is 5.32 Å². The van der Waals surface area contributed by atoms with E-state index in [9.17, 15) is 0 Å². The molecule has 82 valence electrons. The summed E-state index contributed by atoms with van der Waals surface area (Å²) >= 11 is 0. The van der Waals surface area contributed by atoms with Gasteiger partial charge in [0.2, 0.25) is 0 Å². The fourth-order valence-electron chi connectivity index (χ4n) is 2.32. The van der Waals surface area contributed by atoms with Gasteiger partial charge in [-0.3, -0.25) is 0 Å². The van der Waals surface area contributed by atoms with Crippen molar-refractivity contribution < 1.29 is 0 Å². The summed E-state index contributed by atoms with van der Waals surface area (Å²) in [4.78, 5) is 0. The molecule has 1 atom stereocenters. The molecule has 1 heteroatoms. The number of rotatable bonds is 4. The van der Waals surface area contributed by atoms with Crippen LogP contribution in [0.3, 0.4) is 0 Å². The van der Waals surface area contributed by atoms with E-state index in [0.29, 0.717) is 6.04 Å². The molecular weight excluding hydrogens is 182 g/mol. The Kier molecular flexibility index (Phi) is 3.11. The number of hydrogen-bond donors (Lipinski definition) is 1. The van der Waals surface area contributed by atoms with E-state index in [1.54, 1.807) is 0 Å². The van der Waals surface area contributed by atoms with Gasteiger partial charge in [-0.2, -0.15) is 0 Å². The van der Waals surface area contributed by atoms with Crippen LogP contribution in [0.25, 0.3) is 0 Å². The SMILES string of the molecule is CNC(CC1CC1)c1cc(C)cc(C)c1. The molecule has 1 unspecified atom stereocenters. The molecule has 1 aromatic carbocycles. The number of benzene rings is 1. The summed E-state index contributed by atoms with van der Waals surface area (Å²) in [6.07, 6.45) is 4.17. The van der Waals surface area contributed by atoms with E-state index < -0.39 is 0 Å². The van der Waals surface area contributed by atoms with Gasteiger partial charge in [0, 0.05) is 6.04 Å². The summed E-state index contributed by atoms with van der Waals surface area (Å²) < 4.78 is 0. The Hall–Kier alpha value is -0.820. The van der Waals surface area contributed by atoms with Crippen LogP contribution >= 0.6 is 0 Å². The molecule has 0 bridgehead atoms. The maximum atomic E-state index is 3.44. The Morgan fingerprint density at radius 1 is 1.20 bits per heavy atom. The lowest BCUT2D eigenvalue weighted by Gasteiger charge is -2.17. The summed E-state index contributed by atoms with van der Waals surface area (Å²) in [7, 11) is 2.07. The van der Waals surface area contributed by atoms with Gasteiger partial charge >= 0.3 is 0 Å². The lowest BCUT2D eigenvalue weighted by atomic mass is 9.97. The summed E-state index contributed by atoms with van der Waals surface area (Å²) in [5.74, 6) is 0.975. The number of hydrogen-bond acceptors (Lipinski definition) is 1. The van der Waals surface area contributed by atoms with Gasteiger partial charge in [-0.15, -0.1) is 0 Å². The fourth-order valence-corrected chi connectivity index (χ4v) is 2.32. The highest BCUT2D eigenvalue weighted by atomic mass is 14.9. The molecular formula is C14H21N. The zero-order valence-corrected chi connectivity index (χ0v) is 10.0. The third kappa shape index (κ3) is 2.82. The van der Waals surface area contributed by atoms with Crippen LogP contribution in [0.4, 0.5) is 0 Å². The van der Waals surface area contributed by atoms with Gasteiger partial charge in [0.1, 0.15) is 0 Å².